The molecular weight excluding hydrogens is 273 g/mol. The van der Waals surface area contributed by atoms with Gasteiger partial charge in [0, 0.05) is 12.3 Å². The Morgan fingerprint density at radius 1 is 1.20 bits per heavy atom. The Kier molecular flexibility index (Phi) is 3.73. The zero-order valence-electron chi connectivity index (χ0n) is 10.4. The molecule has 2 heterocycles. The maximum absolute atomic E-state index is 12.5. The second-order valence-corrected chi connectivity index (χ2v) is 3.96. The smallest absolute Gasteiger partial charge is 0.433 e. The Morgan fingerprint density at radius 3 is 2.60 bits per heavy atom. The molecule has 20 heavy (non-hydrogen) atoms. The zero-order chi connectivity index (χ0) is 14.8. The van der Waals surface area contributed by atoms with Gasteiger partial charge in [0.05, 0.1) is 5.69 Å². The van der Waals surface area contributed by atoms with E-state index in [-0.39, 0.29) is 11.8 Å². The average molecular weight is 284 g/mol. The number of nitrogens with two attached hydrogens (primary N) is 1. The van der Waals surface area contributed by atoms with Crippen molar-refractivity contribution in [2.45, 2.75) is 19.2 Å². The summed E-state index contributed by atoms with van der Waals surface area (Å²) in [6.45, 7) is 1.63. The molecule has 0 fully saturated rings. The molecule has 2 rings (SSSR count). The van der Waals surface area contributed by atoms with Crippen LogP contribution >= 0.6 is 0 Å². The van der Waals surface area contributed by atoms with Crippen LogP contribution < -0.4 is 10.5 Å². The van der Waals surface area contributed by atoms with Gasteiger partial charge in [0.1, 0.15) is 11.8 Å². The maximum Gasteiger partial charge on any atom is 0.433 e. The van der Waals surface area contributed by atoms with Crippen LogP contribution in [0.4, 0.5) is 19.1 Å². The summed E-state index contributed by atoms with van der Waals surface area (Å²) in [5.74, 6) is -0.0699. The van der Waals surface area contributed by atoms with Crippen molar-refractivity contribution >= 4 is 5.95 Å². The molecule has 2 aromatic rings. The highest BCUT2D eigenvalue weighted by Gasteiger charge is 2.32. The van der Waals surface area contributed by atoms with Crippen molar-refractivity contribution in [3.05, 3.63) is 41.9 Å². The second-order valence-electron chi connectivity index (χ2n) is 3.96. The zero-order valence-corrected chi connectivity index (χ0v) is 10.4. The van der Waals surface area contributed by atoms with Gasteiger partial charge in [-0.2, -0.15) is 13.2 Å². The first-order chi connectivity index (χ1) is 9.36. The van der Waals surface area contributed by atoms with Gasteiger partial charge in [-0.1, -0.05) is 6.07 Å². The van der Waals surface area contributed by atoms with Gasteiger partial charge in [-0.25, -0.2) is 15.0 Å². The maximum atomic E-state index is 12.5. The number of hydrogen-bond donors (Lipinski definition) is 1. The van der Waals surface area contributed by atoms with Crippen LogP contribution in [0.15, 0.2) is 30.5 Å². The molecule has 0 aliphatic rings. The van der Waals surface area contributed by atoms with Gasteiger partial charge in [0.2, 0.25) is 11.8 Å². The molecule has 1 atom stereocenters. The number of anilines is 1. The van der Waals surface area contributed by atoms with E-state index in [0.29, 0.717) is 5.69 Å². The fraction of sp³-hybridized carbons (Fsp3) is 0.250. The summed E-state index contributed by atoms with van der Waals surface area (Å²) in [5, 5.41) is 0. The Morgan fingerprint density at radius 2 is 1.95 bits per heavy atom. The van der Waals surface area contributed by atoms with E-state index in [1.54, 1.807) is 13.0 Å². The van der Waals surface area contributed by atoms with Crippen molar-refractivity contribution < 1.29 is 17.9 Å². The Hall–Kier alpha value is -2.38. The van der Waals surface area contributed by atoms with E-state index in [1.165, 1.54) is 18.3 Å². The van der Waals surface area contributed by atoms with E-state index >= 15 is 0 Å². The van der Waals surface area contributed by atoms with E-state index in [2.05, 4.69) is 15.0 Å². The first-order valence-electron chi connectivity index (χ1n) is 5.65. The van der Waals surface area contributed by atoms with Crippen molar-refractivity contribution in [3.8, 4) is 5.88 Å². The SMILES string of the molecule is CC(Oc1cccc(C(F)(F)F)n1)c1ccnc(N)n1. The van der Waals surface area contributed by atoms with E-state index in [1.807, 2.05) is 0 Å². The lowest BCUT2D eigenvalue weighted by Crippen LogP contribution is -2.11. The van der Waals surface area contributed by atoms with Crippen molar-refractivity contribution in [2.75, 3.05) is 5.73 Å². The summed E-state index contributed by atoms with van der Waals surface area (Å²) in [6.07, 6.45) is -3.67. The summed E-state index contributed by atoms with van der Waals surface area (Å²) in [5.41, 5.74) is 4.87. The lowest BCUT2D eigenvalue weighted by Gasteiger charge is -2.14. The minimum Gasteiger partial charge on any atom is -0.468 e. The molecule has 8 heteroatoms. The normalized spacial score (nSPS) is 13.0. The molecule has 0 saturated heterocycles. The first-order valence-corrected chi connectivity index (χ1v) is 5.65. The van der Waals surface area contributed by atoms with Gasteiger partial charge >= 0.3 is 6.18 Å². The number of halogens is 3. The van der Waals surface area contributed by atoms with Crippen LogP contribution in [0.5, 0.6) is 5.88 Å². The standard InChI is InChI=1S/C12H11F3N4O/c1-7(8-5-6-17-11(16)18-8)20-10-4-2-3-9(19-10)12(13,14)15/h2-7H,1H3,(H2,16,17,18). The predicted molar refractivity (Wildman–Crippen MR) is 64.7 cm³/mol. The molecule has 106 valence electrons. The number of nitrogens with zero attached hydrogens (tertiary/aromatic N) is 3. The van der Waals surface area contributed by atoms with Crippen LogP contribution in [0.25, 0.3) is 0 Å². The third-order valence-corrected chi connectivity index (χ3v) is 2.42. The summed E-state index contributed by atoms with van der Waals surface area (Å²) in [7, 11) is 0. The Bertz CT molecular complexity index is 603. The predicted octanol–water partition coefficient (Wildman–Crippen LogP) is 2.61. The van der Waals surface area contributed by atoms with Gasteiger partial charge in [0.15, 0.2) is 0 Å². The molecule has 0 bridgehead atoms. The molecule has 0 aliphatic heterocycles. The monoisotopic (exact) mass is 284 g/mol. The van der Waals surface area contributed by atoms with Gasteiger partial charge in [-0.05, 0) is 19.1 Å². The lowest BCUT2D eigenvalue weighted by atomic mass is 10.3. The van der Waals surface area contributed by atoms with E-state index in [0.717, 1.165) is 6.07 Å². The highest BCUT2D eigenvalue weighted by atomic mass is 19.4. The molecule has 0 radical (unpaired) electrons. The first kappa shape index (κ1) is 14.0. The molecule has 1 unspecified atom stereocenters. The Balaban J connectivity index is 2.18. The largest absolute Gasteiger partial charge is 0.468 e. The van der Waals surface area contributed by atoms with Crippen LogP contribution in [0.2, 0.25) is 0 Å². The van der Waals surface area contributed by atoms with E-state index in [9.17, 15) is 13.2 Å². The van der Waals surface area contributed by atoms with Crippen LogP contribution in [0.1, 0.15) is 24.4 Å². The van der Waals surface area contributed by atoms with Gasteiger partial charge < -0.3 is 10.5 Å². The molecule has 0 aliphatic carbocycles. The quantitative estimate of drug-likeness (QED) is 0.937. The number of hydrogen-bond acceptors (Lipinski definition) is 5. The molecule has 0 amide bonds. The molecule has 0 saturated carbocycles. The number of ether oxygens (including phenoxy) is 1. The number of alkyl halides is 3. The molecule has 0 spiro atoms. The van der Waals surface area contributed by atoms with Gasteiger partial charge in [-0.3, -0.25) is 0 Å². The third-order valence-electron chi connectivity index (χ3n) is 2.42. The number of nitrogen functional groups attached to an aromatic ring is 1. The van der Waals surface area contributed by atoms with Crippen LogP contribution in [-0.4, -0.2) is 15.0 Å². The summed E-state index contributed by atoms with van der Waals surface area (Å²) in [4.78, 5) is 11.1. The van der Waals surface area contributed by atoms with Crippen LogP contribution in [0.3, 0.4) is 0 Å². The number of rotatable bonds is 3. The third kappa shape index (κ3) is 3.34. The summed E-state index contributed by atoms with van der Waals surface area (Å²) in [6, 6.07) is 5.01. The molecule has 2 N–H and O–H groups in total. The van der Waals surface area contributed by atoms with Gasteiger partial charge in [-0.15, -0.1) is 0 Å². The van der Waals surface area contributed by atoms with Crippen LogP contribution in [0, 0.1) is 0 Å². The van der Waals surface area contributed by atoms with Crippen molar-refractivity contribution in [3.63, 3.8) is 0 Å². The summed E-state index contributed by atoms with van der Waals surface area (Å²) >= 11 is 0. The molecule has 0 aromatic carbocycles. The minimum absolute atomic E-state index is 0.0648. The van der Waals surface area contributed by atoms with Crippen molar-refractivity contribution in [2.24, 2.45) is 0 Å². The second kappa shape index (κ2) is 5.32. The minimum atomic E-state index is -4.51. The fourth-order valence-corrected chi connectivity index (χ4v) is 1.49. The van der Waals surface area contributed by atoms with E-state index in [4.69, 9.17) is 10.5 Å². The van der Waals surface area contributed by atoms with Gasteiger partial charge in [0.25, 0.3) is 0 Å². The number of aromatic nitrogens is 3. The molecular formula is C12H11F3N4O. The Labute approximate surface area is 112 Å². The molecule has 5 nitrogen and oxygen atoms in total. The van der Waals surface area contributed by atoms with E-state index < -0.39 is 18.0 Å². The van der Waals surface area contributed by atoms with Crippen molar-refractivity contribution in [1.29, 1.82) is 0 Å². The highest BCUT2D eigenvalue weighted by Crippen LogP contribution is 2.29. The lowest BCUT2D eigenvalue weighted by molar-refractivity contribution is -0.141. The average Bonchev–Trinajstić information content (AvgIpc) is 2.38. The topological polar surface area (TPSA) is 73.9 Å². The highest BCUT2D eigenvalue weighted by molar-refractivity contribution is 5.21. The van der Waals surface area contributed by atoms with Crippen molar-refractivity contribution in [1.82, 2.24) is 15.0 Å². The number of pyridine rings is 1. The summed E-state index contributed by atoms with van der Waals surface area (Å²) < 4.78 is 42.9. The molecule has 2 aromatic heterocycles. The van der Waals surface area contributed by atoms with Crippen LogP contribution in [-0.2, 0) is 6.18 Å². The fourth-order valence-electron chi connectivity index (χ4n) is 1.49.